The van der Waals surface area contributed by atoms with Gasteiger partial charge in [-0.1, -0.05) is 11.6 Å². The average Bonchev–Trinajstić information content (AvgIpc) is 2.80. The fourth-order valence-electron chi connectivity index (χ4n) is 3.07. The largest absolute Gasteiger partial charge is 0.493 e. The van der Waals surface area contributed by atoms with Crippen LogP contribution in [-0.4, -0.2) is 24.4 Å². The minimum atomic E-state index is -0.578. The van der Waals surface area contributed by atoms with Crippen molar-refractivity contribution < 1.29 is 14.6 Å². The normalized spacial score (nSPS) is 21.4. The third kappa shape index (κ3) is 2.35. The van der Waals surface area contributed by atoms with Crippen LogP contribution >= 0.6 is 11.6 Å². The second kappa shape index (κ2) is 4.97. The zero-order valence-electron chi connectivity index (χ0n) is 11.1. The van der Waals surface area contributed by atoms with Crippen LogP contribution in [0.2, 0.25) is 5.02 Å². The van der Waals surface area contributed by atoms with E-state index in [0.29, 0.717) is 18.1 Å². The standard InChI is InChI=1S/C15H19ClO3/c1-18-15(4-2-5-15)9-13(17)12-8-11(16)7-10-3-6-19-14(10)12/h7-8,13,17H,2-6,9H2,1H3. The Kier molecular flexibility index (Phi) is 3.46. The second-order valence-corrected chi connectivity index (χ2v) is 5.98. The third-order valence-corrected chi connectivity index (χ3v) is 4.62. The third-order valence-electron chi connectivity index (χ3n) is 4.40. The summed E-state index contributed by atoms with van der Waals surface area (Å²) in [6, 6.07) is 3.74. The molecule has 1 aliphatic heterocycles. The van der Waals surface area contributed by atoms with Crippen LogP contribution in [0, 0.1) is 0 Å². The van der Waals surface area contributed by atoms with E-state index in [9.17, 15) is 5.11 Å². The molecule has 1 unspecified atom stereocenters. The summed E-state index contributed by atoms with van der Waals surface area (Å²) in [7, 11) is 1.73. The SMILES string of the molecule is COC1(CC(O)c2cc(Cl)cc3c2OCC3)CCC1. The zero-order chi connectivity index (χ0) is 13.5. The minimum Gasteiger partial charge on any atom is -0.493 e. The van der Waals surface area contributed by atoms with Crippen molar-refractivity contribution in [2.75, 3.05) is 13.7 Å². The van der Waals surface area contributed by atoms with Gasteiger partial charge in [0.05, 0.1) is 18.3 Å². The van der Waals surface area contributed by atoms with Crippen LogP contribution in [0.3, 0.4) is 0 Å². The molecule has 4 heteroatoms. The van der Waals surface area contributed by atoms with Gasteiger partial charge in [0.15, 0.2) is 0 Å². The van der Waals surface area contributed by atoms with E-state index in [-0.39, 0.29) is 5.60 Å². The fraction of sp³-hybridized carbons (Fsp3) is 0.600. The molecule has 1 N–H and O–H groups in total. The summed E-state index contributed by atoms with van der Waals surface area (Å²) in [4.78, 5) is 0. The van der Waals surface area contributed by atoms with Crippen LogP contribution in [0.1, 0.15) is 42.9 Å². The number of aliphatic hydroxyl groups is 1. The molecule has 0 radical (unpaired) electrons. The number of fused-ring (bicyclic) bond motifs is 1. The van der Waals surface area contributed by atoms with E-state index in [1.807, 2.05) is 12.1 Å². The molecule has 1 aliphatic carbocycles. The van der Waals surface area contributed by atoms with Gasteiger partial charge in [-0.3, -0.25) is 0 Å². The first-order chi connectivity index (χ1) is 9.13. The molecule has 1 aromatic carbocycles. The lowest BCUT2D eigenvalue weighted by atomic mass is 9.75. The molecule has 1 fully saturated rings. The van der Waals surface area contributed by atoms with Gasteiger partial charge in [-0.2, -0.15) is 0 Å². The number of rotatable bonds is 4. The molecule has 0 spiro atoms. The van der Waals surface area contributed by atoms with Gasteiger partial charge < -0.3 is 14.6 Å². The van der Waals surface area contributed by atoms with Crippen molar-refractivity contribution in [1.29, 1.82) is 0 Å². The van der Waals surface area contributed by atoms with Crippen molar-refractivity contribution in [3.8, 4) is 5.75 Å². The summed E-state index contributed by atoms with van der Waals surface area (Å²) in [5, 5.41) is 11.2. The van der Waals surface area contributed by atoms with E-state index in [2.05, 4.69) is 0 Å². The Morgan fingerprint density at radius 3 is 2.89 bits per heavy atom. The summed E-state index contributed by atoms with van der Waals surface area (Å²) >= 11 is 6.13. The van der Waals surface area contributed by atoms with Gasteiger partial charge >= 0.3 is 0 Å². The molecule has 0 aromatic heterocycles. The number of methoxy groups -OCH3 is 1. The number of benzene rings is 1. The topological polar surface area (TPSA) is 38.7 Å². The Labute approximate surface area is 118 Å². The van der Waals surface area contributed by atoms with E-state index in [1.54, 1.807) is 7.11 Å². The summed E-state index contributed by atoms with van der Waals surface area (Å²) < 4.78 is 11.2. The highest BCUT2D eigenvalue weighted by atomic mass is 35.5. The maximum atomic E-state index is 10.5. The van der Waals surface area contributed by atoms with Crippen LogP contribution in [0.4, 0.5) is 0 Å². The van der Waals surface area contributed by atoms with Gasteiger partial charge in [0.1, 0.15) is 5.75 Å². The molecule has 1 atom stereocenters. The van der Waals surface area contributed by atoms with Crippen LogP contribution in [0.25, 0.3) is 0 Å². The van der Waals surface area contributed by atoms with E-state index >= 15 is 0 Å². The van der Waals surface area contributed by atoms with Gasteiger partial charge in [-0.25, -0.2) is 0 Å². The van der Waals surface area contributed by atoms with E-state index in [1.165, 1.54) is 6.42 Å². The lowest BCUT2D eigenvalue weighted by Gasteiger charge is -2.42. The van der Waals surface area contributed by atoms with Gasteiger partial charge in [0, 0.05) is 30.5 Å². The summed E-state index contributed by atoms with van der Waals surface area (Å²) in [5.41, 5.74) is 1.75. The lowest BCUT2D eigenvalue weighted by Crippen LogP contribution is -2.40. The number of hydrogen-bond donors (Lipinski definition) is 1. The second-order valence-electron chi connectivity index (χ2n) is 5.54. The highest BCUT2D eigenvalue weighted by molar-refractivity contribution is 6.30. The van der Waals surface area contributed by atoms with Crippen LogP contribution in [0.5, 0.6) is 5.75 Å². The average molecular weight is 283 g/mol. The predicted octanol–water partition coefficient (Wildman–Crippen LogP) is 3.27. The molecular weight excluding hydrogens is 264 g/mol. The summed E-state index contributed by atoms with van der Waals surface area (Å²) in [6.07, 6.45) is 4.11. The lowest BCUT2D eigenvalue weighted by molar-refractivity contribution is -0.100. The van der Waals surface area contributed by atoms with Crippen molar-refractivity contribution in [2.45, 2.75) is 43.8 Å². The first-order valence-electron chi connectivity index (χ1n) is 6.82. The summed E-state index contributed by atoms with van der Waals surface area (Å²) in [6.45, 7) is 0.671. The molecule has 3 nitrogen and oxygen atoms in total. The molecular formula is C15H19ClO3. The van der Waals surface area contributed by atoms with Crippen LogP contribution < -0.4 is 4.74 Å². The van der Waals surface area contributed by atoms with E-state index in [0.717, 1.165) is 36.1 Å². The first-order valence-corrected chi connectivity index (χ1v) is 7.20. The van der Waals surface area contributed by atoms with Crippen molar-refractivity contribution in [2.24, 2.45) is 0 Å². The van der Waals surface area contributed by atoms with Crippen LogP contribution in [0.15, 0.2) is 12.1 Å². The fourth-order valence-corrected chi connectivity index (χ4v) is 3.32. The van der Waals surface area contributed by atoms with Gasteiger partial charge in [0.2, 0.25) is 0 Å². The Morgan fingerprint density at radius 1 is 1.47 bits per heavy atom. The van der Waals surface area contributed by atoms with Crippen molar-refractivity contribution in [3.05, 3.63) is 28.3 Å². The van der Waals surface area contributed by atoms with E-state index < -0.39 is 6.10 Å². The van der Waals surface area contributed by atoms with Gasteiger partial charge in [0.25, 0.3) is 0 Å². The summed E-state index contributed by atoms with van der Waals surface area (Å²) in [5.74, 6) is 0.822. The van der Waals surface area contributed by atoms with Crippen molar-refractivity contribution >= 4 is 11.6 Å². The molecule has 1 heterocycles. The number of halogens is 1. The maximum absolute atomic E-state index is 10.5. The van der Waals surface area contributed by atoms with Crippen molar-refractivity contribution in [3.63, 3.8) is 0 Å². The number of ether oxygens (including phenoxy) is 2. The molecule has 0 saturated heterocycles. The number of hydrogen-bond acceptors (Lipinski definition) is 3. The molecule has 3 rings (SSSR count). The van der Waals surface area contributed by atoms with Gasteiger partial charge in [-0.05, 0) is 37.0 Å². The van der Waals surface area contributed by atoms with Crippen molar-refractivity contribution in [1.82, 2.24) is 0 Å². The predicted molar refractivity (Wildman–Crippen MR) is 73.8 cm³/mol. The molecule has 0 bridgehead atoms. The van der Waals surface area contributed by atoms with E-state index in [4.69, 9.17) is 21.1 Å². The zero-order valence-corrected chi connectivity index (χ0v) is 11.9. The highest BCUT2D eigenvalue weighted by Crippen LogP contribution is 2.45. The molecule has 2 aliphatic rings. The van der Waals surface area contributed by atoms with Crippen LogP contribution in [-0.2, 0) is 11.2 Å². The first kappa shape index (κ1) is 13.2. The molecule has 1 saturated carbocycles. The Morgan fingerprint density at radius 2 is 2.26 bits per heavy atom. The molecule has 1 aromatic rings. The Hall–Kier alpha value is -0.770. The van der Waals surface area contributed by atoms with Gasteiger partial charge in [-0.15, -0.1) is 0 Å². The maximum Gasteiger partial charge on any atom is 0.128 e. The Balaban J connectivity index is 1.85. The quantitative estimate of drug-likeness (QED) is 0.921. The monoisotopic (exact) mass is 282 g/mol. The number of aliphatic hydroxyl groups excluding tert-OH is 1. The molecule has 104 valence electrons. The molecule has 0 amide bonds. The highest BCUT2D eigenvalue weighted by Gasteiger charge is 2.40. The minimum absolute atomic E-state index is 0.160. The smallest absolute Gasteiger partial charge is 0.128 e. The molecule has 19 heavy (non-hydrogen) atoms. The Bertz CT molecular complexity index is 477.